The van der Waals surface area contributed by atoms with Crippen LogP contribution in [0.1, 0.15) is 47.5 Å². The van der Waals surface area contributed by atoms with E-state index in [2.05, 4.69) is 10.3 Å². The normalized spacial score (nSPS) is 10.8. The van der Waals surface area contributed by atoms with Gasteiger partial charge >= 0.3 is 0 Å². The third-order valence-electron chi connectivity index (χ3n) is 3.35. The van der Waals surface area contributed by atoms with E-state index in [0.717, 1.165) is 17.7 Å². The number of rotatable bonds is 6. The lowest BCUT2D eigenvalue weighted by atomic mass is 10.1. The average molecular weight is 302 g/mol. The zero-order valence-corrected chi connectivity index (χ0v) is 13.5. The molecule has 0 atom stereocenters. The summed E-state index contributed by atoms with van der Waals surface area (Å²) < 4.78 is 10.6. The van der Waals surface area contributed by atoms with Crippen LogP contribution in [-0.4, -0.2) is 24.5 Å². The van der Waals surface area contributed by atoms with Gasteiger partial charge in [-0.1, -0.05) is 26.0 Å². The zero-order chi connectivity index (χ0) is 16.1. The summed E-state index contributed by atoms with van der Waals surface area (Å²) in [6, 6.07) is 7.80. The molecule has 1 aromatic heterocycles. The molecule has 0 radical (unpaired) electrons. The Morgan fingerprint density at radius 2 is 2.18 bits per heavy atom. The van der Waals surface area contributed by atoms with Crippen molar-refractivity contribution >= 4 is 5.91 Å². The summed E-state index contributed by atoms with van der Waals surface area (Å²) in [6.07, 6.45) is 0.729. The Morgan fingerprint density at radius 3 is 2.86 bits per heavy atom. The summed E-state index contributed by atoms with van der Waals surface area (Å²) in [5.74, 6) is 1.58. The van der Waals surface area contributed by atoms with Crippen LogP contribution in [0.2, 0.25) is 0 Å². The van der Waals surface area contributed by atoms with Crippen LogP contribution in [0.3, 0.4) is 0 Å². The Hall–Kier alpha value is -2.30. The van der Waals surface area contributed by atoms with Crippen molar-refractivity contribution in [2.75, 3.05) is 13.7 Å². The number of aryl methyl sites for hydroxylation is 1. The van der Waals surface area contributed by atoms with Crippen LogP contribution in [0.4, 0.5) is 0 Å². The molecule has 0 aliphatic rings. The first-order valence-corrected chi connectivity index (χ1v) is 7.39. The molecule has 1 amide bonds. The molecule has 0 aliphatic heterocycles. The van der Waals surface area contributed by atoms with E-state index in [0.29, 0.717) is 23.9 Å². The summed E-state index contributed by atoms with van der Waals surface area (Å²) >= 11 is 0. The topological polar surface area (TPSA) is 64.4 Å². The lowest BCUT2D eigenvalue weighted by Gasteiger charge is -2.07. The van der Waals surface area contributed by atoms with Gasteiger partial charge in [-0.15, -0.1) is 0 Å². The molecule has 2 aromatic rings. The third kappa shape index (κ3) is 3.87. The number of oxazole rings is 1. The van der Waals surface area contributed by atoms with E-state index in [9.17, 15) is 4.79 Å². The number of hydrogen-bond donors (Lipinski definition) is 1. The molecule has 2 rings (SSSR count). The maximum atomic E-state index is 12.2. The lowest BCUT2D eigenvalue weighted by molar-refractivity contribution is 0.0923. The number of hydrogen-bond acceptors (Lipinski definition) is 4. The van der Waals surface area contributed by atoms with Crippen molar-refractivity contribution in [1.29, 1.82) is 0 Å². The number of carbonyl (C=O) groups excluding carboxylic acids is 1. The van der Waals surface area contributed by atoms with Crippen LogP contribution < -0.4 is 10.1 Å². The van der Waals surface area contributed by atoms with Crippen molar-refractivity contribution in [3.05, 3.63) is 47.2 Å². The van der Waals surface area contributed by atoms with Gasteiger partial charge < -0.3 is 14.5 Å². The largest absolute Gasteiger partial charge is 0.497 e. The van der Waals surface area contributed by atoms with E-state index < -0.39 is 0 Å². The number of nitrogens with zero attached hydrogens (tertiary/aromatic N) is 1. The first-order chi connectivity index (χ1) is 10.5. The molecule has 0 spiro atoms. The minimum atomic E-state index is -0.216. The van der Waals surface area contributed by atoms with Gasteiger partial charge in [-0.2, -0.15) is 0 Å². The Morgan fingerprint density at radius 1 is 1.41 bits per heavy atom. The molecular formula is C17H22N2O3. The van der Waals surface area contributed by atoms with Crippen molar-refractivity contribution in [2.24, 2.45) is 0 Å². The molecule has 22 heavy (non-hydrogen) atoms. The van der Waals surface area contributed by atoms with Crippen molar-refractivity contribution in [1.82, 2.24) is 10.3 Å². The molecule has 0 saturated carbocycles. The van der Waals surface area contributed by atoms with Gasteiger partial charge in [0, 0.05) is 13.5 Å². The smallest absolute Gasteiger partial charge is 0.289 e. The number of carbonyl (C=O) groups is 1. The van der Waals surface area contributed by atoms with Gasteiger partial charge in [0.15, 0.2) is 5.89 Å². The second kappa shape index (κ2) is 7.11. The van der Waals surface area contributed by atoms with Gasteiger partial charge in [-0.25, -0.2) is 4.98 Å². The second-order valence-electron chi connectivity index (χ2n) is 5.46. The van der Waals surface area contributed by atoms with Crippen LogP contribution in [0.25, 0.3) is 0 Å². The summed E-state index contributed by atoms with van der Waals surface area (Å²) in [4.78, 5) is 16.5. The Bertz CT molecular complexity index is 647. The van der Waals surface area contributed by atoms with Gasteiger partial charge in [-0.3, -0.25) is 4.79 Å². The highest BCUT2D eigenvalue weighted by Crippen LogP contribution is 2.19. The fraction of sp³-hybridized carbons (Fsp3) is 0.412. The van der Waals surface area contributed by atoms with Gasteiger partial charge in [0.1, 0.15) is 5.75 Å². The lowest BCUT2D eigenvalue weighted by Crippen LogP contribution is -2.26. The number of benzene rings is 1. The summed E-state index contributed by atoms with van der Waals surface area (Å²) in [5.41, 5.74) is 1.81. The highest BCUT2D eigenvalue weighted by molar-refractivity contribution is 5.92. The van der Waals surface area contributed by atoms with Gasteiger partial charge in [0.2, 0.25) is 5.76 Å². The van der Waals surface area contributed by atoms with E-state index >= 15 is 0 Å². The number of amides is 1. The van der Waals surface area contributed by atoms with E-state index in [-0.39, 0.29) is 11.8 Å². The fourth-order valence-corrected chi connectivity index (χ4v) is 2.23. The molecule has 1 heterocycles. The molecule has 0 saturated heterocycles. The van der Waals surface area contributed by atoms with Crippen LogP contribution in [-0.2, 0) is 6.42 Å². The Kier molecular flexibility index (Phi) is 5.20. The highest BCUT2D eigenvalue weighted by atomic mass is 16.5. The molecule has 5 nitrogen and oxygen atoms in total. The molecule has 0 fully saturated rings. The van der Waals surface area contributed by atoms with Crippen LogP contribution in [0.15, 0.2) is 28.7 Å². The maximum Gasteiger partial charge on any atom is 0.289 e. The first-order valence-electron chi connectivity index (χ1n) is 7.39. The van der Waals surface area contributed by atoms with E-state index in [1.54, 1.807) is 14.0 Å². The number of nitrogens with one attached hydrogen (secondary N) is 1. The second-order valence-corrected chi connectivity index (χ2v) is 5.46. The number of aromatic nitrogens is 1. The predicted octanol–water partition coefficient (Wildman–Crippen LogP) is 3.09. The van der Waals surface area contributed by atoms with Crippen molar-refractivity contribution in [2.45, 2.75) is 33.1 Å². The monoisotopic (exact) mass is 302 g/mol. The SMILES string of the molecule is COc1cccc(CCNC(=O)c2oc(C)nc2C(C)C)c1. The summed E-state index contributed by atoms with van der Waals surface area (Å²) in [7, 11) is 1.64. The van der Waals surface area contributed by atoms with Crippen LogP contribution in [0, 0.1) is 6.92 Å². The van der Waals surface area contributed by atoms with Crippen LogP contribution >= 0.6 is 0 Å². The molecule has 0 aliphatic carbocycles. The Balaban J connectivity index is 1.95. The van der Waals surface area contributed by atoms with Crippen molar-refractivity contribution in [3.8, 4) is 5.75 Å². The first kappa shape index (κ1) is 16.1. The van der Waals surface area contributed by atoms with Gasteiger partial charge in [-0.05, 0) is 30.0 Å². The van der Waals surface area contributed by atoms with Crippen LogP contribution in [0.5, 0.6) is 5.75 Å². The molecule has 0 bridgehead atoms. The quantitative estimate of drug-likeness (QED) is 0.890. The van der Waals surface area contributed by atoms with Gasteiger partial charge in [0.05, 0.1) is 12.8 Å². The summed E-state index contributed by atoms with van der Waals surface area (Å²) in [6.45, 7) is 6.26. The fourth-order valence-electron chi connectivity index (χ4n) is 2.23. The molecule has 0 unspecified atom stereocenters. The van der Waals surface area contributed by atoms with Crippen molar-refractivity contribution in [3.63, 3.8) is 0 Å². The number of methoxy groups -OCH3 is 1. The minimum absolute atomic E-state index is 0.150. The molecular weight excluding hydrogens is 280 g/mol. The summed E-state index contributed by atoms with van der Waals surface area (Å²) in [5, 5.41) is 2.88. The maximum absolute atomic E-state index is 12.2. The molecule has 118 valence electrons. The number of ether oxygens (including phenoxy) is 1. The average Bonchev–Trinajstić information content (AvgIpc) is 2.90. The van der Waals surface area contributed by atoms with E-state index in [1.165, 1.54) is 0 Å². The molecule has 1 N–H and O–H groups in total. The molecule has 5 heteroatoms. The van der Waals surface area contributed by atoms with Gasteiger partial charge in [0.25, 0.3) is 5.91 Å². The highest BCUT2D eigenvalue weighted by Gasteiger charge is 2.20. The van der Waals surface area contributed by atoms with E-state index in [1.807, 2.05) is 38.1 Å². The Labute approximate surface area is 130 Å². The minimum Gasteiger partial charge on any atom is -0.497 e. The van der Waals surface area contributed by atoms with E-state index in [4.69, 9.17) is 9.15 Å². The standard InChI is InChI=1S/C17H22N2O3/c1-11(2)15-16(22-12(3)19-15)17(20)18-9-8-13-6-5-7-14(10-13)21-4/h5-7,10-11H,8-9H2,1-4H3,(H,18,20). The predicted molar refractivity (Wildman–Crippen MR) is 84.4 cm³/mol. The third-order valence-corrected chi connectivity index (χ3v) is 3.35. The zero-order valence-electron chi connectivity index (χ0n) is 13.5. The molecule has 1 aromatic carbocycles. The van der Waals surface area contributed by atoms with Crippen molar-refractivity contribution < 1.29 is 13.9 Å².